The first kappa shape index (κ1) is 31.7. The molecule has 0 fully saturated rings. The molecule has 0 bridgehead atoms. The summed E-state index contributed by atoms with van der Waals surface area (Å²) in [5, 5.41) is 5.20. The maximum Gasteiger partial charge on any atom is 0.425 e. The standard InChI is InChI=1S/C29H38N6O7/c1-15-11-12-19(40-10)16(2)21(15)34-23-18(13-17(14-32-23)33-25(37)31-9)20(22(30)36)24(34)35(26(38)41-28(3,4)5)27(39)42-29(6,7)8/h11-14H,1-10H3,(H2,30,36)(H2,31,33,37). The Bertz CT molecular complexity index is 1540. The molecule has 5 amide bonds. The van der Waals surface area contributed by atoms with Crippen molar-refractivity contribution in [3.63, 3.8) is 0 Å². The zero-order chi connectivity index (χ0) is 31.7. The molecule has 2 heterocycles. The van der Waals surface area contributed by atoms with Crippen LogP contribution in [0.4, 0.5) is 25.9 Å². The fraction of sp³-hybridized carbons (Fsp3) is 0.414. The van der Waals surface area contributed by atoms with Gasteiger partial charge in [-0.1, -0.05) is 6.07 Å². The first-order valence-corrected chi connectivity index (χ1v) is 13.1. The number of amides is 5. The molecular formula is C29H38N6O7. The molecule has 3 aromatic rings. The van der Waals surface area contributed by atoms with Crippen LogP contribution in [0, 0.1) is 13.8 Å². The molecule has 0 saturated carbocycles. The summed E-state index contributed by atoms with van der Waals surface area (Å²) in [5.74, 6) is -0.712. The van der Waals surface area contributed by atoms with E-state index in [0.29, 0.717) is 27.5 Å². The van der Waals surface area contributed by atoms with Gasteiger partial charge < -0.3 is 30.6 Å². The van der Waals surface area contributed by atoms with Crippen LogP contribution in [-0.2, 0) is 9.47 Å². The van der Waals surface area contributed by atoms with Crippen LogP contribution in [0.3, 0.4) is 0 Å². The smallest absolute Gasteiger partial charge is 0.425 e. The predicted octanol–water partition coefficient (Wildman–Crippen LogP) is 5.18. The fourth-order valence-corrected chi connectivity index (χ4v) is 4.33. The molecule has 0 spiro atoms. The summed E-state index contributed by atoms with van der Waals surface area (Å²) in [7, 11) is 2.95. The minimum absolute atomic E-state index is 0.158. The summed E-state index contributed by atoms with van der Waals surface area (Å²) in [6.07, 6.45) is -0.839. The SMILES string of the molecule is CNC(=O)Nc1cnc2c(c1)c(C(N)=O)c(N(C(=O)OC(C)(C)C)C(=O)OC(C)(C)C)n2-c1c(C)ccc(OC)c1C. The highest BCUT2D eigenvalue weighted by Gasteiger charge is 2.40. The van der Waals surface area contributed by atoms with E-state index in [9.17, 15) is 19.2 Å². The number of hydrogen-bond acceptors (Lipinski definition) is 8. The van der Waals surface area contributed by atoms with Crippen LogP contribution in [0.1, 0.15) is 63.0 Å². The Morgan fingerprint density at radius 3 is 2.02 bits per heavy atom. The van der Waals surface area contributed by atoms with Crippen molar-refractivity contribution in [2.45, 2.75) is 66.6 Å². The number of fused-ring (bicyclic) bond motifs is 1. The highest BCUT2D eigenvalue weighted by molar-refractivity contribution is 6.19. The number of nitrogens with two attached hydrogens (primary N) is 1. The lowest BCUT2D eigenvalue weighted by Gasteiger charge is -2.30. The molecule has 226 valence electrons. The molecule has 1 aromatic carbocycles. The minimum atomic E-state index is -1.11. The van der Waals surface area contributed by atoms with E-state index in [1.807, 2.05) is 6.92 Å². The van der Waals surface area contributed by atoms with Gasteiger partial charge in [-0.05, 0) is 73.1 Å². The van der Waals surface area contributed by atoms with Gasteiger partial charge in [0.2, 0.25) is 0 Å². The number of pyridine rings is 1. The number of imide groups is 1. The molecule has 0 aliphatic heterocycles. The van der Waals surface area contributed by atoms with Gasteiger partial charge in [0.25, 0.3) is 5.91 Å². The highest BCUT2D eigenvalue weighted by atomic mass is 16.6. The number of carbonyl (C=O) groups is 4. The largest absolute Gasteiger partial charge is 0.496 e. The van der Waals surface area contributed by atoms with E-state index in [1.54, 1.807) is 60.6 Å². The number of benzene rings is 1. The molecule has 13 nitrogen and oxygen atoms in total. The summed E-state index contributed by atoms with van der Waals surface area (Å²) in [6.45, 7) is 13.4. The number of methoxy groups -OCH3 is 1. The quantitative estimate of drug-likeness (QED) is 0.370. The van der Waals surface area contributed by atoms with Gasteiger partial charge in [-0.3, -0.25) is 9.36 Å². The lowest BCUT2D eigenvalue weighted by molar-refractivity contribution is 0.0428. The third-order valence-corrected chi connectivity index (χ3v) is 5.91. The molecular weight excluding hydrogens is 544 g/mol. The van der Waals surface area contributed by atoms with Gasteiger partial charge >= 0.3 is 18.2 Å². The zero-order valence-corrected chi connectivity index (χ0v) is 25.6. The second kappa shape index (κ2) is 11.6. The number of aromatic nitrogens is 2. The summed E-state index contributed by atoms with van der Waals surface area (Å²) < 4.78 is 18.3. The number of nitrogens with zero attached hydrogens (tertiary/aromatic N) is 3. The Balaban J connectivity index is 2.58. The van der Waals surface area contributed by atoms with E-state index in [0.717, 1.165) is 0 Å². The van der Waals surface area contributed by atoms with Gasteiger partial charge in [-0.15, -0.1) is 0 Å². The second-order valence-electron chi connectivity index (χ2n) is 11.6. The van der Waals surface area contributed by atoms with E-state index in [1.165, 1.54) is 31.0 Å². The molecule has 2 aromatic heterocycles. The summed E-state index contributed by atoms with van der Waals surface area (Å²) in [6, 6.07) is 4.51. The minimum Gasteiger partial charge on any atom is -0.496 e. The third-order valence-electron chi connectivity index (χ3n) is 5.91. The number of ether oxygens (including phenoxy) is 3. The van der Waals surface area contributed by atoms with Crippen molar-refractivity contribution in [2.24, 2.45) is 5.73 Å². The lowest BCUT2D eigenvalue weighted by atomic mass is 10.1. The lowest BCUT2D eigenvalue weighted by Crippen LogP contribution is -2.45. The van der Waals surface area contributed by atoms with Crippen molar-refractivity contribution < 1.29 is 33.4 Å². The Morgan fingerprint density at radius 1 is 0.976 bits per heavy atom. The molecule has 0 unspecified atom stereocenters. The maximum atomic E-state index is 13.8. The summed E-state index contributed by atoms with van der Waals surface area (Å²) in [4.78, 5) is 58.0. The van der Waals surface area contributed by atoms with E-state index in [4.69, 9.17) is 19.9 Å². The molecule has 4 N–H and O–H groups in total. The number of primary amides is 1. The van der Waals surface area contributed by atoms with Gasteiger partial charge in [-0.25, -0.2) is 19.4 Å². The van der Waals surface area contributed by atoms with Crippen molar-refractivity contribution in [1.29, 1.82) is 0 Å². The van der Waals surface area contributed by atoms with Gasteiger partial charge in [0.1, 0.15) is 28.4 Å². The first-order chi connectivity index (χ1) is 19.4. The van der Waals surface area contributed by atoms with E-state index in [-0.39, 0.29) is 28.1 Å². The van der Waals surface area contributed by atoms with Crippen LogP contribution in [0.5, 0.6) is 5.75 Å². The van der Waals surface area contributed by atoms with Crippen molar-refractivity contribution in [3.05, 3.63) is 41.1 Å². The number of nitrogens with one attached hydrogen (secondary N) is 2. The van der Waals surface area contributed by atoms with Crippen LogP contribution in [0.25, 0.3) is 16.7 Å². The number of urea groups is 1. The van der Waals surface area contributed by atoms with Crippen LogP contribution >= 0.6 is 0 Å². The highest BCUT2D eigenvalue weighted by Crippen LogP contribution is 2.40. The normalized spacial score (nSPS) is 11.6. The van der Waals surface area contributed by atoms with Gasteiger partial charge in [0, 0.05) is 18.0 Å². The first-order valence-electron chi connectivity index (χ1n) is 13.1. The second-order valence-corrected chi connectivity index (χ2v) is 11.6. The van der Waals surface area contributed by atoms with E-state index >= 15 is 0 Å². The molecule has 42 heavy (non-hydrogen) atoms. The van der Waals surface area contributed by atoms with Crippen LogP contribution in [0.15, 0.2) is 24.4 Å². The Morgan fingerprint density at radius 2 is 1.55 bits per heavy atom. The molecule has 0 aliphatic carbocycles. The molecule has 0 saturated heterocycles. The van der Waals surface area contributed by atoms with E-state index < -0.39 is 35.3 Å². The van der Waals surface area contributed by atoms with Crippen LogP contribution in [-0.4, -0.2) is 59.0 Å². The summed E-state index contributed by atoms with van der Waals surface area (Å²) >= 11 is 0. The maximum absolute atomic E-state index is 13.8. The van der Waals surface area contributed by atoms with Crippen molar-refractivity contribution in [2.75, 3.05) is 24.4 Å². The average Bonchev–Trinajstić information content (AvgIpc) is 3.15. The number of rotatable bonds is 5. The fourth-order valence-electron chi connectivity index (χ4n) is 4.33. The third kappa shape index (κ3) is 6.56. The molecule has 0 atom stereocenters. The Labute approximate surface area is 244 Å². The average molecular weight is 583 g/mol. The van der Waals surface area contributed by atoms with Gasteiger partial charge in [0.15, 0.2) is 0 Å². The number of aryl methyl sites for hydroxylation is 1. The monoisotopic (exact) mass is 582 g/mol. The van der Waals surface area contributed by atoms with Gasteiger partial charge in [-0.2, -0.15) is 4.90 Å². The van der Waals surface area contributed by atoms with Gasteiger partial charge in [0.05, 0.1) is 30.2 Å². The summed E-state index contributed by atoms with van der Waals surface area (Å²) in [5.41, 5.74) is 5.85. The number of hydrogen-bond donors (Lipinski definition) is 3. The molecule has 0 aliphatic rings. The number of anilines is 2. The Hall–Kier alpha value is -4.81. The predicted molar refractivity (Wildman–Crippen MR) is 159 cm³/mol. The van der Waals surface area contributed by atoms with E-state index in [2.05, 4.69) is 15.6 Å². The van der Waals surface area contributed by atoms with Crippen LogP contribution < -0.4 is 26.0 Å². The molecule has 13 heteroatoms. The van der Waals surface area contributed by atoms with Crippen molar-refractivity contribution in [3.8, 4) is 11.4 Å². The van der Waals surface area contributed by atoms with Crippen LogP contribution in [0.2, 0.25) is 0 Å². The molecule has 3 rings (SSSR count). The molecule has 0 radical (unpaired) electrons. The topological polar surface area (TPSA) is 167 Å². The zero-order valence-electron chi connectivity index (χ0n) is 25.6. The van der Waals surface area contributed by atoms with Crippen molar-refractivity contribution in [1.82, 2.24) is 14.9 Å². The number of carbonyl (C=O) groups excluding carboxylic acids is 4. The van der Waals surface area contributed by atoms with Crippen molar-refractivity contribution >= 4 is 46.7 Å². The Kier molecular flexibility index (Phi) is 8.75.